The molecule has 0 saturated heterocycles. The van der Waals surface area contributed by atoms with Gasteiger partial charge in [-0.25, -0.2) is 0 Å². The van der Waals surface area contributed by atoms with Crippen LogP contribution in [0.5, 0.6) is 0 Å². The van der Waals surface area contributed by atoms with Gasteiger partial charge in [-0.1, -0.05) is 0 Å². The molecular formula is C8H14BN2NaO3. The van der Waals surface area contributed by atoms with Crippen LogP contribution in [0.3, 0.4) is 0 Å². The summed E-state index contributed by atoms with van der Waals surface area (Å²) in [4.78, 5) is 0. The third kappa shape index (κ3) is 7.05. The van der Waals surface area contributed by atoms with Crippen LogP contribution in [0, 0.1) is 0 Å². The van der Waals surface area contributed by atoms with Crippen LogP contribution in [0.15, 0.2) is 18.2 Å². The SMILES string of the molecule is NCc1cc[c]([Na])c(CN)c1.OB(O)O. The molecular weight excluding hydrogens is 206 g/mol. The van der Waals surface area contributed by atoms with E-state index in [-0.39, 0.29) is 0 Å². The predicted molar refractivity (Wildman–Crippen MR) is 60.0 cm³/mol. The second-order valence-corrected chi connectivity index (χ2v) is 4.09. The third-order valence-corrected chi connectivity index (χ3v) is 2.84. The largest absolute Gasteiger partial charge is 0.631 e. The van der Waals surface area contributed by atoms with Crippen molar-refractivity contribution in [1.82, 2.24) is 0 Å². The van der Waals surface area contributed by atoms with Gasteiger partial charge in [0.25, 0.3) is 0 Å². The molecule has 0 aliphatic heterocycles. The summed E-state index contributed by atoms with van der Waals surface area (Å²) >= 11 is 1.06. The quantitative estimate of drug-likeness (QED) is 0.349. The zero-order chi connectivity index (χ0) is 11.8. The fraction of sp³-hybridized carbons (Fsp3) is 0.250. The predicted octanol–water partition coefficient (Wildman–Crippen LogP) is -2.65. The number of hydrogen-bond acceptors (Lipinski definition) is 5. The molecule has 1 aromatic rings. The molecule has 0 atom stereocenters. The fourth-order valence-electron chi connectivity index (χ4n) is 1.07. The van der Waals surface area contributed by atoms with Crippen LogP contribution in [-0.2, 0) is 13.1 Å². The summed E-state index contributed by atoms with van der Waals surface area (Å²) in [5, 5.41) is 21.5. The van der Waals surface area contributed by atoms with E-state index in [0.29, 0.717) is 13.1 Å². The van der Waals surface area contributed by atoms with E-state index in [1.807, 2.05) is 0 Å². The van der Waals surface area contributed by atoms with E-state index in [2.05, 4.69) is 18.2 Å². The van der Waals surface area contributed by atoms with Crippen molar-refractivity contribution in [3.63, 3.8) is 0 Å². The van der Waals surface area contributed by atoms with Crippen LogP contribution in [0.25, 0.3) is 0 Å². The van der Waals surface area contributed by atoms with E-state index in [4.69, 9.17) is 26.5 Å². The van der Waals surface area contributed by atoms with Crippen molar-refractivity contribution in [2.45, 2.75) is 13.1 Å². The Balaban J connectivity index is 0.000000423. The van der Waals surface area contributed by atoms with Crippen molar-refractivity contribution in [3.05, 3.63) is 29.3 Å². The average Bonchev–Trinajstić information content (AvgIpc) is 2.18. The van der Waals surface area contributed by atoms with Crippen LogP contribution >= 0.6 is 0 Å². The molecule has 7 heteroatoms. The summed E-state index contributed by atoms with van der Waals surface area (Å²) in [5.41, 5.74) is 13.5. The van der Waals surface area contributed by atoms with Gasteiger partial charge in [0.15, 0.2) is 0 Å². The van der Waals surface area contributed by atoms with Crippen molar-refractivity contribution in [1.29, 1.82) is 0 Å². The van der Waals surface area contributed by atoms with E-state index in [0.717, 1.165) is 27.9 Å². The molecule has 0 spiro atoms. The van der Waals surface area contributed by atoms with E-state index >= 15 is 0 Å². The Morgan fingerprint density at radius 2 is 1.67 bits per heavy atom. The molecule has 0 bridgehead atoms. The molecule has 1 aromatic carbocycles. The Morgan fingerprint density at radius 3 is 2.07 bits per heavy atom. The van der Waals surface area contributed by atoms with Gasteiger partial charge in [-0.05, 0) is 0 Å². The Bertz CT molecular complexity index is 296. The van der Waals surface area contributed by atoms with Gasteiger partial charge in [0.2, 0.25) is 0 Å². The normalized spacial score (nSPS) is 9.27. The number of nitrogens with two attached hydrogens (primary N) is 2. The molecule has 0 radical (unpaired) electrons. The van der Waals surface area contributed by atoms with Crippen LogP contribution in [0.2, 0.25) is 0 Å². The molecule has 0 fully saturated rings. The molecule has 1 rings (SSSR count). The van der Waals surface area contributed by atoms with E-state index in [9.17, 15) is 0 Å². The van der Waals surface area contributed by atoms with Crippen molar-refractivity contribution in [2.75, 3.05) is 0 Å². The molecule has 7 N–H and O–H groups in total. The zero-order valence-electron chi connectivity index (χ0n) is 8.72. The Kier molecular flexibility index (Phi) is 8.31. The molecule has 78 valence electrons. The van der Waals surface area contributed by atoms with Gasteiger partial charge < -0.3 is 15.1 Å². The van der Waals surface area contributed by atoms with Crippen molar-refractivity contribution < 1.29 is 15.1 Å². The van der Waals surface area contributed by atoms with Gasteiger partial charge in [0, 0.05) is 0 Å². The van der Waals surface area contributed by atoms with Crippen LogP contribution < -0.4 is 14.3 Å². The van der Waals surface area contributed by atoms with E-state index in [1.54, 1.807) is 0 Å². The third-order valence-electron chi connectivity index (χ3n) is 1.87. The first kappa shape index (κ1) is 15.1. The van der Waals surface area contributed by atoms with Gasteiger partial charge in [-0.15, -0.1) is 0 Å². The molecule has 0 aliphatic carbocycles. The molecule has 15 heavy (non-hydrogen) atoms. The maximum Gasteiger partial charge on any atom is 0.631 e. The first-order valence-corrected chi connectivity index (χ1v) is 5.54. The number of benzene rings is 1. The van der Waals surface area contributed by atoms with E-state index in [1.165, 1.54) is 13.9 Å². The first-order valence-electron chi connectivity index (χ1n) is 4.54. The maximum atomic E-state index is 7.17. The Hall–Kier alpha value is 0.0849. The van der Waals surface area contributed by atoms with Gasteiger partial charge in [0.1, 0.15) is 0 Å². The molecule has 0 heterocycles. The maximum absolute atomic E-state index is 7.17. The second kappa shape index (κ2) is 8.26. The van der Waals surface area contributed by atoms with Crippen LogP contribution in [0.1, 0.15) is 11.1 Å². The van der Waals surface area contributed by atoms with Crippen LogP contribution in [-0.4, -0.2) is 50.3 Å². The first-order chi connectivity index (χ1) is 7.01. The summed E-state index contributed by atoms with van der Waals surface area (Å²) in [7, 11) is -2.17. The Labute approximate surface area is 107 Å². The minimum Gasteiger partial charge on any atom is -0.402 e. The minimum absolute atomic E-state index is 0.606. The number of rotatable bonds is 2. The van der Waals surface area contributed by atoms with Crippen molar-refractivity contribution >= 4 is 38.1 Å². The molecule has 0 aliphatic rings. The molecule has 5 nitrogen and oxygen atoms in total. The summed E-state index contributed by atoms with van der Waals surface area (Å²) in [6, 6.07) is 6.29. The number of hydrogen-bond donors (Lipinski definition) is 5. The zero-order valence-corrected chi connectivity index (χ0v) is 10.7. The molecule has 0 amide bonds. The van der Waals surface area contributed by atoms with Crippen LogP contribution in [0.4, 0.5) is 0 Å². The van der Waals surface area contributed by atoms with Crippen molar-refractivity contribution in [3.8, 4) is 0 Å². The minimum atomic E-state index is -2.17. The van der Waals surface area contributed by atoms with Gasteiger partial charge in [-0.2, -0.15) is 0 Å². The summed E-state index contributed by atoms with van der Waals surface area (Å²) < 4.78 is 1.38. The van der Waals surface area contributed by atoms with Gasteiger partial charge in [-0.3, -0.25) is 0 Å². The molecule has 0 unspecified atom stereocenters. The smallest absolute Gasteiger partial charge is 0.402 e. The monoisotopic (exact) mass is 220 g/mol. The van der Waals surface area contributed by atoms with Gasteiger partial charge in [0.05, 0.1) is 0 Å². The fourth-order valence-corrected chi connectivity index (χ4v) is 1.59. The Morgan fingerprint density at radius 1 is 1.13 bits per heavy atom. The second-order valence-electron chi connectivity index (χ2n) is 3.02. The average molecular weight is 220 g/mol. The summed E-state index contributed by atoms with van der Waals surface area (Å²) in [5.74, 6) is 0. The standard InChI is InChI=1S/C8H11N2.BH3O3.Na/c9-5-7-2-1-3-8(4-7)6-10;2-1(3)4;/h1-2,4H,5-6,9-10H2;2-4H;. The molecule has 0 aromatic heterocycles. The van der Waals surface area contributed by atoms with E-state index < -0.39 is 7.32 Å². The summed E-state index contributed by atoms with van der Waals surface area (Å²) in [6.07, 6.45) is 0. The molecule has 0 saturated carbocycles. The van der Waals surface area contributed by atoms with Gasteiger partial charge >= 0.3 is 91.9 Å². The topological polar surface area (TPSA) is 113 Å². The summed E-state index contributed by atoms with van der Waals surface area (Å²) in [6.45, 7) is 1.24. The van der Waals surface area contributed by atoms with Crippen molar-refractivity contribution in [2.24, 2.45) is 11.5 Å².